The average Bonchev–Trinajstić information content (AvgIpc) is 3.15. The summed E-state index contributed by atoms with van der Waals surface area (Å²) in [6, 6.07) is 5.04. The second-order valence-corrected chi connectivity index (χ2v) is 5.67. The monoisotopic (exact) mass is 273 g/mol. The highest BCUT2D eigenvalue weighted by Crippen LogP contribution is 2.63. The summed E-state index contributed by atoms with van der Waals surface area (Å²) < 4.78 is 28.6. The van der Waals surface area contributed by atoms with E-state index in [9.17, 15) is 8.78 Å². The summed E-state index contributed by atoms with van der Waals surface area (Å²) in [5, 5.41) is 0.225. The maximum atomic E-state index is 12.1. The van der Waals surface area contributed by atoms with Crippen LogP contribution in [0, 0.1) is 0 Å². The van der Waals surface area contributed by atoms with Crippen molar-refractivity contribution in [2.45, 2.75) is 43.2 Å². The maximum absolute atomic E-state index is 12.1. The van der Waals surface area contributed by atoms with Crippen LogP contribution in [0.25, 0.3) is 0 Å². The second kappa shape index (κ2) is 3.81. The zero-order valence-electron chi connectivity index (χ0n) is 9.76. The van der Waals surface area contributed by atoms with Gasteiger partial charge < -0.3 is 10.5 Å². The van der Waals surface area contributed by atoms with E-state index >= 15 is 0 Å². The van der Waals surface area contributed by atoms with E-state index in [1.165, 1.54) is 6.07 Å². The number of benzene rings is 1. The minimum atomic E-state index is -2.85. The highest BCUT2D eigenvalue weighted by molar-refractivity contribution is 6.32. The van der Waals surface area contributed by atoms with Crippen molar-refractivity contribution in [3.8, 4) is 5.75 Å². The molecule has 0 unspecified atom stereocenters. The SMILES string of the molecule is NC1(C2(c3ccc(OC(F)F)c(Cl)c3)CC2)CC1. The van der Waals surface area contributed by atoms with Crippen molar-refractivity contribution in [3.05, 3.63) is 28.8 Å². The van der Waals surface area contributed by atoms with Gasteiger partial charge in [-0.15, -0.1) is 0 Å². The van der Waals surface area contributed by atoms with Crippen molar-refractivity contribution in [2.24, 2.45) is 5.73 Å². The average molecular weight is 274 g/mol. The van der Waals surface area contributed by atoms with E-state index in [0.717, 1.165) is 31.2 Å². The van der Waals surface area contributed by atoms with Gasteiger partial charge in [0.15, 0.2) is 0 Å². The van der Waals surface area contributed by atoms with Crippen LogP contribution in [0.2, 0.25) is 5.02 Å². The molecule has 2 nitrogen and oxygen atoms in total. The molecule has 2 saturated carbocycles. The van der Waals surface area contributed by atoms with E-state index in [1.807, 2.05) is 6.07 Å². The highest BCUT2D eigenvalue weighted by Gasteiger charge is 2.64. The molecular weight excluding hydrogens is 260 g/mol. The fourth-order valence-electron chi connectivity index (χ4n) is 2.80. The molecule has 0 bridgehead atoms. The van der Waals surface area contributed by atoms with Crippen LogP contribution < -0.4 is 10.5 Å². The molecule has 1 aromatic rings. The normalized spacial score (nSPS) is 22.9. The third-order valence-electron chi connectivity index (χ3n) is 4.19. The number of halogens is 3. The van der Waals surface area contributed by atoms with Crippen molar-refractivity contribution in [1.29, 1.82) is 0 Å². The molecule has 2 N–H and O–H groups in total. The molecule has 2 aliphatic rings. The molecule has 0 aromatic heterocycles. The smallest absolute Gasteiger partial charge is 0.387 e. The van der Waals surface area contributed by atoms with Crippen molar-refractivity contribution in [2.75, 3.05) is 0 Å². The number of ether oxygens (including phenoxy) is 1. The quantitative estimate of drug-likeness (QED) is 0.912. The lowest BCUT2D eigenvalue weighted by Crippen LogP contribution is -2.37. The Morgan fingerprint density at radius 3 is 2.33 bits per heavy atom. The van der Waals surface area contributed by atoms with Gasteiger partial charge in [-0.25, -0.2) is 0 Å². The summed E-state index contributed by atoms with van der Waals surface area (Å²) in [4.78, 5) is 0. The highest BCUT2D eigenvalue weighted by atomic mass is 35.5. The van der Waals surface area contributed by atoms with Crippen LogP contribution in [0.5, 0.6) is 5.75 Å². The predicted octanol–water partition coefficient (Wildman–Crippen LogP) is 3.46. The molecule has 0 heterocycles. The summed E-state index contributed by atoms with van der Waals surface area (Å²) in [7, 11) is 0. The lowest BCUT2D eigenvalue weighted by atomic mass is 9.86. The van der Waals surface area contributed by atoms with Crippen LogP contribution in [-0.4, -0.2) is 12.2 Å². The molecule has 0 saturated heterocycles. The van der Waals surface area contributed by atoms with Gasteiger partial charge in [0.2, 0.25) is 0 Å². The topological polar surface area (TPSA) is 35.2 Å². The first kappa shape index (κ1) is 12.2. The minimum absolute atomic E-state index is 0.0139. The molecule has 2 aliphatic carbocycles. The summed E-state index contributed by atoms with van der Waals surface area (Å²) in [5.41, 5.74) is 7.25. The Morgan fingerprint density at radius 1 is 1.22 bits per heavy atom. The lowest BCUT2D eigenvalue weighted by Gasteiger charge is -2.24. The zero-order valence-corrected chi connectivity index (χ0v) is 10.5. The molecule has 1 aromatic carbocycles. The van der Waals surface area contributed by atoms with Crippen LogP contribution in [-0.2, 0) is 5.41 Å². The van der Waals surface area contributed by atoms with Crippen molar-refractivity contribution < 1.29 is 13.5 Å². The minimum Gasteiger partial charge on any atom is -0.433 e. The fraction of sp³-hybridized carbons (Fsp3) is 0.538. The van der Waals surface area contributed by atoms with Gasteiger partial charge in [0.1, 0.15) is 5.75 Å². The Bertz CT molecular complexity index is 484. The van der Waals surface area contributed by atoms with E-state index in [0.29, 0.717) is 0 Å². The second-order valence-electron chi connectivity index (χ2n) is 5.26. The van der Waals surface area contributed by atoms with Gasteiger partial charge in [-0.1, -0.05) is 17.7 Å². The molecule has 5 heteroatoms. The Hall–Kier alpha value is -0.870. The van der Waals surface area contributed by atoms with Crippen LogP contribution >= 0.6 is 11.6 Å². The van der Waals surface area contributed by atoms with Gasteiger partial charge in [-0.05, 0) is 43.4 Å². The molecule has 0 radical (unpaired) electrons. The number of rotatable bonds is 4. The van der Waals surface area contributed by atoms with Gasteiger partial charge >= 0.3 is 6.61 Å². The molecule has 98 valence electrons. The molecule has 3 rings (SSSR count). The van der Waals surface area contributed by atoms with Crippen LogP contribution in [0.1, 0.15) is 31.2 Å². The van der Waals surface area contributed by atoms with Crippen LogP contribution in [0.4, 0.5) is 8.78 Å². The first-order chi connectivity index (χ1) is 8.47. The van der Waals surface area contributed by atoms with Crippen molar-refractivity contribution in [3.63, 3.8) is 0 Å². The Morgan fingerprint density at radius 2 is 1.89 bits per heavy atom. The number of hydrogen-bond donors (Lipinski definition) is 1. The molecular formula is C13H14ClF2NO. The molecule has 2 fully saturated rings. The molecule has 0 spiro atoms. The van der Waals surface area contributed by atoms with E-state index in [2.05, 4.69) is 4.74 Å². The summed E-state index contributed by atoms with van der Waals surface area (Å²) in [6.45, 7) is -2.85. The Labute approximate surface area is 109 Å². The van der Waals surface area contributed by atoms with Crippen LogP contribution in [0.15, 0.2) is 18.2 Å². The van der Waals surface area contributed by atoms with Gasteiger partial charge in [0, 0.05) is 11.0 Å². The van der Waals surface area contributed by atoms with Gasteiger partial charge in [-0.2, -0.15) is 8.78 Å². The standard InChI is InChI=1S/C13H14ClF2NO/c14-9-7-8(1-2-10(9)18-11(15)16)12(3-4-12)13(17)5-6-13/h1-2,7,11H,3-6,17H2. The fourth-order valence-corrected chi connectivity index (χ4v) is 3.03. The molecule has 18 heavy (non-hydrogen) atoms. The van der Waals surface area contributed by atoms with E-state index in [1.54, 1.807) is 6.07 Å². The number of nitrogens with two attached hydrogens (primary N) is 1. The molecule has 0 aliphatic heterocycles. The summed E-state index contributed by atoms with van der Waals surface area (Å²) in [6.07, 6.45) is 4.16. The summed E-state index contributed by atoms with van der Waals surface area (Å²) in [5.74, 6) is 0.0214. The van der Waals surface area contributed by atoms with E-state index < -0.39 is 6.61 Å². The third-order valence-corrected chi connectivity index (χ3v) is 4.49. The van der Waals surface area contributed by atoms with Gasteiger partial charge in [-0.3, -0.25) is 0 Å². The lowest BCUT2D eigenvalue weighted by molar-refractivity contribution is -0.0498. The predicted molar refractivity (Wildman–Crippen MR) is 65.1 cm³/mol. The van der Waals surface area contributed by atoms with Crippen molar-refractivity contribution >= 4 is 11.6 Å². The van der Waals surface area contributed by atoms with Gasteiger partial charge in [0.25, 0.3) is 0 Å². The first-order valence-electron chi connectivity index (χ1n) is 6.01. The molecule has 0 atom stereocenters. The largest absolute Gasteiger partial charge is 0.433 e. The number of alkyl halides is 2. The van der Waals surface area contributed by atoms with E-state index in [4.69, 9.17) is 17.3 Å². The third kappa shape index (κ3) is 1.79. The molecule has 0 amide bonds. The Balaban J connectivity index is 1.89. The Kier molecular flexibility index (Phi) is 2.58. The maximum Gasteiger partial charge on any atom is 0.387 e. The van der Waals surface area contributed by atoms with Crippen molar-refractivity contribution in [1.82, 2.24) is 0 Å². The van der Waals surface area contributed by atoms with Crippen LogP contribution in [0.3, 0.4) is 0 Å². The number of hydrogen-bond acceptors (Lipinski definition) is 2. The first-order valence-corrected chi connectivity index (χ1v) is 6.38. The van der Waals surface area contributed by atoms with E-state index in [-0.39, 0.29) is 21.7 Å². The van der Waals surface area contributed by atoms with Gasteiger partial charge in [0.05, 0.1) is 5.02 Å². The summed E-state index contributed by atoms with van der Waals surface area (Å²) >= 11 is 5.98. The zero-order chi connectivity index (χ0) is 13.0.